The highest BCUT2D eigenvalue weighted by molar-refractivity contribution is 6.18. The second-order valence-electron chi connectivity index (χ2n) is 14.4. The molecular formula is C51H30N4O2. The summed E-state index contributed by atoms with van der Waals surface area (Å²) in [5.74, 6) is 1.67. The van der Waals surface area contributed by atoms with Crippen molar-refractivity contribution >= 4 is 65.7 Å². The zero-order chi connectivity index (χ0) is 37.5. The van der Waals surface area contributed by atoms with Crippen LogP contribution in [-0.4, -0.2) is 19.5 Å². The van der Waals surface area contributed by atoms with Gasteiger partial charge in [-0.15, -0.1) is 0 Å². The highest BCUT2D eigenvalue weighted by Gasteiger charge is 2.21. The Bertz CT molecular complexity index is 3530. The molecule has 0 atom stereocenters. The van der Waals surface area contributed by atoms with Crippen LogP contribution < -0.4 is 0 Å². The van der Waals surface area contributed by atoms with Crippen molar-refractivity contribution < 1.29 is 8.83 Å². The van der Waals surface area contributed by atoms with E-state index in [1.165, 1.54) is 10.9 Å². The molecule has 57 heavy (non-hydrogen) atoms. The average molecular weight is 731 g/mol. The molecule has 266 valence electrons. The van der Waals surface area contributed by atoms with Gasteiger partial charge in [-0.05, 0) is 59.7 Å². The molecule has 4 aromatic heterocycles. The van der Waals surface area contributed by atoms with E-state index in [0.29, 0.717) is 17.5 Å². The Morgan fingerprint density at radius 1 is 0.333 bits per heavy atom. The van der Waals surface area contributed by atoms with E-state index in [1.807, 2.05) is 60.7 Å². The minimum absolute atomic E-state index is 0.533. The zero-order valence-corrected chi connectivity index (χ0v) is 30.4. The van der Waals surface area contributed by atoms with Crippen molar-refractivity contribution in [1.82, 2.24) is 19.5 Å². The fourth-order valence-corrected chi connectivity index (χ4v) is 8.38. The molecule has 0 radical (unpaired) electrons. The molecule has 8 aromatic carbocycles. The molecular weight excluding hydrogens is 701 g/mol. The van der Waals surface area contributed by atoms with Crippen molar-refractivity contribution in [2.45, 2.75) is 0 Å². The quantitative estimate of drug-likeness (QED) is 0.176. The van der Waals surface area contributed by atoms with Gasteiger partial charge < -0.3 is 13.4 Å². The molecule has 0 aliphatic carbocycles. The van der Waals surface area contributed by atoms with Crippen LogP contribution in [0.15, 0.2) is 191 Å². The fourth-order valence-electron chi connectivity index (χ4n) is 8.38. The van der Waals surface area contributed by atoms with Gasteiger partial charge in [-0.25, -0.2) is 15.0 Å². The van der Waals surface area contributed by atoms with Gasteiger partial charge in [0.15, 0.2) is 17.5 Å². The van der Waals surface area contributed by atoms with Gasteiger partial charge in [-0.1, -0.05) is 127 Å². The second kappa shape index (κ2) is 12.3. The molecule has 0 amide bonds. The molecule has 12 rings (SSSR count). The molecule has 0 aliphatic heterocycles. The smallest absolute Gasteiger partial charge is 0.167 e. The summed E-state index contributed by atoms with van der Waals surface area (Å²) in [7, 11) is 0. The first-order chi connectivity index (χ1) is 28.2. The number of fused-ring (bicyclic) bond motifs is 9. The van der Waals surface area contributed by atoms with E-state index in [1.54, 1.807) is 0 Å². The van der Waals surface area contributed by atoms with E-state index in [2.05, 4.69) is 126 Å². The lowest BCUT2D eigenvalue weighted by Crippen LogP contribution is -2.00. The van der Waals surface area contributed by atoms with Crippen molar-refractivity contribution in [1.29, 1.82) is 0 Å². The Morgan fingerprint density at radius 2 is 0.982 bits per heavy atom. The molecule has 0 saturated heterocycles. The third-order valence-corrected chi connectivity index (χ3v) is 11.0. The van der Waals surface area contributed by atoms with E-state index in [0.717, 1.165) is 88.2 Å². The number of hydrogen-bond donors (Lipinski definition) is 0. The Balaban J connectivity index is 1.06. The topological polar surface area (TPSA) is 69.9 Å². The van der Waals surface area contributed by atoms with Crippen LogP contribution in [0.1, 0.15) is 0 Å². The zero-order valence-electron chi connectivity index (χ0n) is 30.4. The minimum Gasteiger partial charge on any atom is -0.456 e. The van der Waals surface area contributed by atoms with E-state index >= 15 is 0 Å². The molecule has 0 fully saturated rings. The summed E-state index contributed by atoms with van der Waals surface area (Å²) in [5, 5.41) is 6.51. The van der Waals surface area contributed by atoms with Crippen molar-refractivity contribution in [3.05, 3.63) is 182 Å². The van der Waals surface area contributed by atoms with Gasteiger partial charge in [-0.2, -0.15) is 0 Å². The number of para-hydroxylation sites is 3. The fraction of sp³-hybridized carbons (Fsp3) is 0. The average Bonchev–Trinajstić information content (AvgIpc) is 3.95. The maximum absolute atomic E-state index is 6.88. The Hall–Kier alpha value is -7.83. The summed E-state index contributed by atoms with van der Waals surface area (Å²) in [5.41, 5.74) is 11.3. The molecule has 12 aromatic rings. The molecule has 0 N–H and O–H groups in total. The van der Waals surface area contributed by atoms with Gasteiger partial charge >= 0.3 is 0 Å². The lowest BCUT2D eigenvalue weighted by molar-refractivity contribution is 0.668. The Kier molecular flexibility index (Phi) is 6.83. The predicted octanol–water partition coefficient (Wildman–Crippen LogP) is 13.4. The Morgan fingerprint density at radius 3 is 1.84 bits per heavy atom. The third-order valence-electron chi connectivity index (χ3n) is 11.0. The van der Waals surface area contributed by atoms with Crippen LogP contribution in [0.25, 0.3) is 117 Å². The van der Waals surface area contributed by atoms with Crippen LogP contribution in [0.4, 0.5) is 0 Å². The van der Waals surface area contributed by atoms with Gasteiger partial charge in [-0.3, -0.25) is 0 Å². The summed E-state index contributed by atoms with van der Waals surface area (Å²) in [6, 6.07) is 62.8. The lowest BCUT2D eigenvalue weighted by Gasteiger charge is -2.10. The van der Waals surface area contributed by atoms with Gasteiger partial charge in [0.25, 0.3) is 0 Å². The predicted molar refractivity (Wildman–Crippen MR) is 230 cm³/mol. The molecule has 0 bridgehead atoms. The van der Waals surface area contributed by atoms with Gasteiger partial charge in [0, 0.05) is 55.2 Å². The van der Waals surface area contributed by atoms with E-state index in [-0.39, 0.29) is 0 Å². The van der Waals surface area contributed by atoms with Crippen molar-refractivity contribution in [3.63, 3.8) is 0 Å². The SMILES string of the molecule is c1ccc(-c2cccc(-n3c4ccccc4c4cc5c(cc43)oc3c(-c4nc(-c6ccccc6)nc(-c6ccc7c(c6)oc6ccccc67)n4)cccc35)c2)cc1. The first-order valence-electron chi connectivity index (χ1n) is 19.0. The van der Waals surface area contributed by atoms with Gasteiger partial charge in [0.1, 0.15) is 22.3 Å². The maximum atomic E-state index is 6.88. The summed E-state index contributed by atoms with van der Waals surface area (Å²) in [4.78, 5) is 15.2. The van der Waals surface area contributed by atoms with Crippen LogP contribution in [0.5, 0.6) is 0 Å². The van der Waals surface area contributed by atoms with Crippen LogP contribution in [-0.2, 0) is 0 Å². The molecule has 0 aliphatic rings. The maximum Gasteiger partial charge on any atom is 0.167 e. The molecule has 0 unspecified atom stereocenters. The van der Waals surface area contributed by atoms with Gasteiger partial charge in [0.05, 0.1) is 16.6 Å². The highest BCUT2D eigenvalue weighted by atomic mass is 16.3. The first kappa shape index (κ1) is 31.5. The first-order valence-corrected chi connectivity index (χ1v) is 19.0. The summed E-state index contributed by atoms with van der Waals surface area (Å²) in [6.07, 6.45) is 0. The summed E-state index contributed by atoms with van der Waals surface area (Å²) in [6.45, 7) is 0. The van der Waals surface area contributed by atoms with E-state index < -0.39 is 0 Å². The van der Waals surface area contributed by atoms with Crippen LogP contribution in [0.3, 0.4) is 0 Å². The van der Waals surface area contributed by atoms with Crippen LogP contribution in [0, 0.1) is 0 Å². The van der Waals surface area contributed by atoms with Crippen molar-refractivity contribution in [3.8, 4) is 51.0 Å². The standard InChI is InChI=1S/C51H30N4O2/c1-3-13-31(14-4-1)33-17-11-18-35(27-33)55-43-23-9-7-19-36(43)41-29-42-39-21-12-22-40(48(39)57-47(42)30-44(41)55)51-53-49(32-15-5-2-6-16-32)52-50(54-51)34-25-26-38-37-20-8-10-24-45(37)56-46(38)28-34/h1-30H. The van der Waals surface area contributed by atoms with E-state index in [4.69, 9.17) is 23.8 Å². The number of hydrogen-bond acceptors (Lipinski definition) is 5. The Labute approximate surface area is 325 Å². The number of benzene rings is 8. The lowest BCUT2D eigenvalue weighted by atomic mass is 10.0. The molecule has 0 saturated carbocycles. The second-order valence-corrected chi connectivity index (χ2v) is 14.4. The molecule has 4 heterocycles. The van der Waals surface area contributed by atoms with E-state index in [9.17, 15) is 0 Å². The molecule has 6 heteroatoms. The molecule has 0 spiro atoms. The number of rotatable bonds is 5. The summed E-state index contributed by atoms with van der Waals surface area (Å²) >= 11 is 0. The monoisotopic (exact) mass is 730 g/mol. The normalized spacial score (nSPS) is 11.9. The molecule has 6 nitrogen and oxygen atoms in total. The largest absolute Gasteiger partial charge is 0.456 e. The van der Waals surface area contributed by atoms with Crippen molar-refractivity contribution in [2.75, 3.05) is 0 Å². The van der Waals surface area contributed by atoms with Gasteiger partial charge in [0.2, 0.25) is 0 Å². The number of furan rings is 2. The van der Waals surface area contributed by atoms with Crippen LogP contribution >= 0.6 is 0 Å². The minimum atomic E-state index is 0.533. The summed E-state index contributed by atoms with van der Waals surface area (Å²) < 4.78 is 15.5. The van der Waals surface area contributed by atoms with Crippen molar-refractivity contribution in [2.24, 2.45) is 0 Å². The van der Waals surface area contributed by atoms with Crippen LogP contribution in [0.2, 0.25) is 0 Å². The highest BCUT2D eigenvalue weighted by Crippen LogP contribution is 2.41. The third kappa shape index (κ3) is 5.01. The number of aromatic nitrogens is 4. The number of nitrogens with zero attached hydrogens (tertiary/aromatic N) is 4.